The number of hydrogen-bond donors (Lipinski definition) is 0. The number of ketones is 1. The van der Waals surface area contributed by atoms with Crippen LogP contribution in [0.1, 0.15) is 127 Å². The number of esters is 1. The molecule has 4 heteroatoms. The minimum absolute atomic E-state index is 0.00551. The van der Waals surface area contributed by atoms with E-state index >= 15 is 0 Å². The summed E-state index contributed by atoms with van der Waals surface area (Å²) in [5, 5.41) is 0. The molecule has 0 bridgehead atoms. The molecule has 0 aliphatic carbocycles. The third-order valence-corrected chi connectivity index (χ3v) is 6.76. The van der Waals surface area contributed by atoms with Crippen LogP contribution >= 0.6 is 0 Å². The van der Waals surface area contributed by atoms with Crippen LogP contribution in [-0.2, 0) is 29.9 Å². The maximum absolute atomic E-state index is 12.8. The highest BCUT2D eigenvalue weighted by Gasteiger charge is 2.42. The Bertz CT molecular complexity index is 861. The molecule has 0 saturated heterocycles. The molecule has 0 aliphatic rings. The van der Waals surface area contributed by atoms with Gasteiger partial charge in [-0.3, -0.25) is 4.79 Å². The van der Waals surface area contributed by atoms with Crippen LogP contribution in [0.15, 0.2) is 60.7 Å². The third-order valence-electron chi connectivity index (χ3n) is 6.76. The third kappa shape index (κ3) is 17.9. The lowest BCUT2D eigenvalue weighted by Crippen LogP contribution is -2.39. The molecule has 238 valence electrons. The minimum Gasteiger partial charge on any atom is -0.467 e. The Labute approximate surface area is 255 Å². The molecule has 0 heterocycles. The number of methoxy groups -OCH3 is 2. The second kappa shape index (κ2) is 26.4. The Balaban J connectivity index is -0.000000385. The highest BCUT2D eigenvalue weighted by molar-refractivity contribution is 5.82. The van der Waals surface area contributed by atoms with Crippen molar-refractivity contribution in [3.63, 3.8) is 0 Å². The van der Waals surface area contributed by atoms with Crippen molar-refractivity contribution < 1.29 is 19.1 Å². The summed E-state index contributed by atoms with van der Waals surface area (Å²) in [5.74, 6) is -0.0559. The summed E-state index contributed by atoms with van der Waals surface area (Å²) in [6.45, 7) is 29.0. The molecule has 2 aromatic rings. The predicted octanol–water partition coefficient (Wildman–Crippen LogP) is 10.6. The van der Waals surface area contributed by atoms with Crippen molar-refractivity contribution in [2.45, 2.75) is 127 Å². The van der Waals surface area contributed by atoms with Gasteiger partial charge in [0.1, 0.15) is 12.4 Å². The van der Waals surface area contributed by atoms with Crippen LogP contribution < -0.4 is 0 Å². The van der Waals surface area contributed by atoms with Crippen LogP contribution in [0.5, 0.6) is 0 Å². The molecule has 0 radical (unpaired) electrons. The van der Waals surface area contributed by atoms with Gasteiger partial charge in [0.25, 0.3) is 0 Å². The molecule has 0 aromatic heterocycles. The number of Topliss-reactive ketones (excluding diaryl/α,β-unsaturated/α-hetero) is 1. The molecule has 0 aliphatic heterocycles. The van der Waals surface area contributed by atoms with Crippen LogP contribution in [0.2, 0.25) is 0 Å². The maximum Gasteiger partial charge on any atom is 0.331 e. The zero-order valence-electron chi connectivity index (χ0n) is 29.7. The van der Waals surface area contributed by atoms with E-state index in [2.05, 4.69) is 98.7 Å². The zero-order valence-corrected chi connectivity index (χ0v) is 29.7. The molecule has 2 rings (SSSR count). The Morgan fingerprint density at radius 2 is 1.05 bits per heavy atom. The lowest BCUT2D eigenvalue weighted by atomic mass is 9.61. The SMILES string of the molecule is CC.CC.CC.CC.CCC(C)(CC(C)(CC(C)(C)c1ccccc1)C(C)=O)c1ccccc1.COCC(=O)OC. The predicted molar refractivity (Wildman–Crippen MR) is 181 cm³/mol. The van der Waals surface area contributed by atoms with Crippen LogP contribution in [-0.4, -0.2) is 32.6 Å². The first-order valence-corrected chi connectivity index (χ1v) is 15.6. The normalized spacial score (nSPS) is 12.5. The zero-order chi connectivity index (χ0) is 33.1. The van der Waals surface area contributed by atoms with E-state index < -0.39 is 0 Å². The highest BCUT2D eigenvalue weighted by atomic mass is 16.6. The summed E-state index contributed by atoms with van der Waals surface area (Å²) in [4.78, 5) is 22.9. The van der Waals surface area contributed by atoms with Gasteiger partial charge in [0.15, 0.2) is 0 Å². The molecule has 0 fully saturated rings. The maximum atomic E-state index is 12.8. The topological polar surface area (TPSA) is 52.6 Å². The van der Waals surface area contributed by atoms with Gasteiger partial charge >= 0.3 is 5.97 Å². The van der Waals surface area contributed by atoms with E-state index in [1.54, 1.807) is 6.92 Å². The fourth-order valence-corrected chi connectivity index (χ4v) is 4.59. The summed E-state index contributed by atoms with van der Waals surface area (Å²) < 4.78 is 8.65. The van der Waals surface area contributed by atoms with Crippen molar-refractivity contribution in [3.05, 3.63) is 71.8 Å². The Kier molecular flexibility index (Phi) is 29.4. The van der Waals surface area contributed by atoms with Crippen molar-refractivity contribution in [1.29, 1.82) is 0 Å². The molecule has 0 amide bonds. The van der Waals surface area contributed by atoms with Gasteiger partial charge in [0.2, 0.25) is 0 Å². The fourth-order valence-electron chi connectivity index (χ4n) is 4.59. The van der Waals surface area contributed by atoms with E-state index in [-0.39, 0.29) is 34.6 Å². The van der Waals surface area contributed by atoms with Crippen LogP contribution in [0, 0.1) is 5.41 Å². The quantitative estimate of drug-likeness (QED) is 0.265. The van der Waals surface area contributed by atoms with Crippen molar-refractivity contribution in [3.8, 4) is 0 Å². The summed E-state index contributed by atoms with van der Waals surface area (Å²) in [6, 6.07) is 21.2. The lowest BCUT2D eigenvalue weighted by Gasteiger charge is -2.42. The molecule has 4 nitrogen and oxygen atoms in total. The number of carbonyl (C=O) groups is 2. The second-order valence-electron chi connectivity index (χ2n) is 10.0. The second-order valence-corrected chi connectivity index (χ2v) is 10.0. The first-order chi connectivity index (χ1) is 19.4. The molecule has 0 spiro atoms. The van der Waals surface area contributed by atoms with Crippen molar-refractivity contribution in [1.82, 2.24) is 0 Å². The average Bonchev–Trinajstić information content (AvgIpc) is 3.02. The van der Waals surface area contributed by atoms with E-state index in [4.69, 9.17) is 0 Å². The molecule has 0 N–H and O–H groups in total. The molecule has 2 aromatic carbocycles. The lowest BCUT2D eigenvalue weighted by molar-refractivity contribution is -0.144. The van der Waals surface area contributed by atoms with Gasteiger partial charge in [-0.05, 0) is 48.1 Å². The summed E-state index contributed by atoms with van der Waals surface area (Å²) in [5.41, 5.74) is 2.21. The number of carbonyl (C=O) groups excluding carboxylic acids is 2. The van der Waals surface area contributed by atoms with E-state index in [1.165, 1.54) is 25.3 Å². The Morgan fingerprint density at radius 1 is 0.659 bits per heavy atom. The average molecular weight is 575 g/mol. The summed E-state index contributed by atoms with van der Waals surface area (Å²) in [7, 11) is 2.76. The largest absolute Gasteiger partial charge is 0.467 e. The summed E-state index contributed by atoms with van der Waals surface area (Å²) in [6.07, 6.45) is 2.74. The van der Waals surface area contributed by atoms with Gasteiger partial charge in [-0.15, -0.1) is 0 Å². The molecule has 0 saturated carbocycles. The van der Waals surface area contributed by atoms with Crippen molar-refractivity contribution >= 4 is 11.8 Å². The molecule has 2 atom stereocenters. The van der Waals surface area contributed by atoms with Gasteiger partial charge in [0.05, 0.1) is 7.11 Å². The van der Waals surface area contributed by atoms with Crippen LogP contribution in [0.4, 0.5) is 0 Å². The molecule has 2 unspecified atom stereocenters. The highest BCUT2D eigenvalue weighted by Crippen LogP contribution is 2.46. The number of rotatable bonds is 10. The first kappa shape index (κ1) is 45.5. The number of hydrogen-bond acceptors (Lipinski definition) is 4. The van der Waals surface area contributed by atoms with Gasteiger partial charge in [0, 0.05) is 12.5 Å². The fraction of sp³-hybridized carbons (Fsp3) is 0.622. The Hall–Kier alpha value is -2.46. The van der Waals surface area contributed by atoms with E-state index in [1.807, 2.05) is 61.5 Å². The molecular weight excluding hydrogens is 508 g/mol. The van der Waals surface area contributed by atoms with Gasteiger partial charge in [-0.25, -0.2) is 4.79 Å². The van der Waals surface area contributed by atoms with Crippen molar-refractivity contribution in [2.24, 2.45) is 5.41 Å². The first-order valence-electron chi connectivity index (χ1n) is 15.6. The minimum atomic E-state index is -0.361. The van der Waals surface area contributed by atoms with E-state index in [0.717, 1.165) is 19.3 Å². The summed E-state index contributed by atoms with van der Waals surface area (Å²) >= 11 is 0. The van der Waals surface area contributed by atoms with E-state index in [9.17, 15) is 9.59 Å². The van der Waals surface area contributed by atoms with Gasteiger partial charge in [-0.1, -0.05) is 151 Å². The van der Waals surface area contributed by atoms with Crippen LogP contribution in [0.25, 0.3) is 0 Å². The van der Waals surface area contributed by atoms with E-state index in [0.29, 0.717) is 0 Å². The smallest absolute Gasteiger partial charge is 0.331 e. The molecule has 41 heavy (non-hydrogen) atoms. The van der Waals surface area contributed by atoms with Gasteiger partial charge in [-0.2, -0.15) is 0 Å². The molecular formula is C37H66O4. The van der Waals surface area contributed by atoms with Gasteiger partial charge < -0.3 is 9.47 Å². The number of ether oxygens (including phenoxy) is 2. The van der Waals surface area contributed by atoms with Crippen LogP contribution in [0.3, 0.4) is 0 Å². The monoisotopic (exact) mass is 574 g/mol. The standard InChI is InChI=1S/C25H34O.C4H8O3.4C2H6/c1-7-24(5,22-16-12-9-13-17-22)19-25(6,20(2)26)18-23(3,4)21-14-10-8-11-15-21;1-6-3-4(5)7-2;4*1-2/h8-17H,7,18-19H2,1-6H3;3H2,1-2H3;4*1-2H3. The Morgan fingerprint density at radius 3 is 1.34 bits per heavy atom. The van der Waals surface area contributed by atoms with Crippen molar-refractivity contribution in [2.75, 3.05) is 20.8 Å². The number of benzene rings is 2.